The van der Waals surface area contributed by atoms with E-state index in [0.29, 0.717) is 12.0 Å². The van der Waals surface area contributed by atoms with Crippen molar-refractivity contribution in [2.45, 2.75) is 13.8 Å². The number of anilines is 1. The van der Waals surface area contributed by atoms with E-state index in [0.717, 1.165) is 5.56 Å². The zero-order valence-electron chi connectivity index (χ0n) is 7.90. The summed E-state index contributed by atoms with van der Waals surface area (Å²) in [7, 11) is 0. The Kier molecular flexibility index (Phi) is 2.81. The highest BCUT2D eigenvalue weighted by atomic mass is 16.6. The van der Waals surface area contributed by atoms with E-state index in [1.165, 1.54) is 6.07 Å². The molecule has 1 N–H and O–H groups in total. The maximum absolute atomic E-state index is 10.7. The first-order chi connectivity index (χ1) is 6.56. The van der Waals surface area contributed by atoms with E-state index in [9.17, 15) is 14.9 Å². The van der Waals surface area contributed by atoms with E-state index >= 15 is 0 Å². The molecule has 0 unspecified atom stereocenters. The van der Waals surface area contributed by atoms with Crippen molar-refractivity contribution in [1.82, 2.24) is 0 Å². The molecule has 1 aromatic rings. The molecule has 1 rings (SSSR count). The lowest BCUT2D eigenvalue weighted by Gasteiger charge is -2.05. The van der Waals surface area contributed by atoms with Crippen LogP contribution in [0.3, 0.4) is 0 Å². The molecule has 0 radical (unpaired) electrons. The number of benzene rings is 1. The standard InChI is InChI=1S/C9H10N2O3/c1-6-3-7(2)9(10-5-12)8(4-6)11(13)14/h3-5H,1-2H3,(H,10,12). The maximum atomic E-state index is 10.7. The van der Waals surface area contributed by atoms with Gasteiger partial charge in [0.15, 0.2) is 0 Å². The molecule has 0 saturated carbocycles. The summed E-state index contributed by atoms with van der Waals surface area (Å²) >= 11 is 0. The number of hydrogen-bond acceptors (Lipinski definition) is 3. The van der Waals surface area contributed by atoms with Crippen molar-refractivity contribution in [3.63, 3.8) is 0 Å². The van der Waals surface area contributed by atoms with Crippen molar-refractivity contribution < 1.29 is 9.72 Å². The van der Waals surface area contributed by atoms with E-state index in [4.69, 9.17) is 0 Å². The van der Waals surface area contributed by atoms with Crippen LogP contribution < -0.4 is 5.32 Å². The predicted octanol–water partition coefficient (Wildman–Crippen LogP) is 1.78. The van der Waals surface area contributed by atoms with Crippen LogP contribution in [0.25, 0.3) is 0 Å². The molecular weight excluding hydrogens is 184 g/mol. The summed E-state index contributed by atoms with van der Waals surface area (Å²) < 4.78 is 0. The second kappa shape index (κ2) is 3.87. The van der Waals surface area contributed by atoms with Crippen molar-refractivity contribution >= 4 is 17.8 Å². The maximum Gasteiger partial charge on any atom is 0.293 e. The number of nitrogens with one attached hydrogen (secondary N) is 1. The molecule has 1 amide bonds. The molecule has 5 nitrogen and oxygen atoms in total. The van der Waals surface area contributed by atoms with E-state index < -0.39 is 4.92 Å². The van der Waals surface area contributed by atoms with Crippen molar-refractivity contribution in [2.24, 2.45) is 0 Å². The topological polar surface area (TPSA) is 72.2 Å². The first-order valence-corrected chi connectivity index (χ1v) is 4.02. The van der Waals surface area contributed by atoms with Crippen molar-refractivity contribution in [3.05, 3.63) is 33.4 Å². The molecule has 1 aromatic carbocycles. The first kappa shape index (κ1) is 10.2. The summed E-state index contributed by atoms with van der Waals surface area (Å²) in [5.74, 6) is 0. The van der Waals surface area contributed by atoms with Crippen LogP contribution in [0.5, 0.6) is 0 Å². The monoisotopic (exact) mass is 194 g/mol. The van der Waals surface area contributed by atoms with Gasteiger partial charge in [-0.15, -0.1) is 0 Å². The third kappa shape index (κ3) is 1.87. The van der Waals surface area contributed by atoms with E-state index in [1.54, 1.807) is 19.9 Å². The van der Waals surface area contributed by atoms with Crippen LogP contribution in [0, 0.1) is 24.0 Å². The average molecular weight is 194 g/mol. The van der Waals surface area contributed by atoms with Crippen LogP contribution in [0.1, 0.15) is 11.1 Å². The van der Waals surface area contributed by atoms with Gasteiger partial charge in [-0.05, 0) is 25.0 Å². The second-order valence-electron chi connectivity index (χ2n) is 3.00. The fourth-order valence-electron chi connectivity index (χ4n) is 1.34. The minimum Gasteiger partial charge on any atom is -0.323 e. The molecule has 0 atom stereocenters. The van der Waals surface area contributed by atoms with E-state index in [-0.39, 0.29) is 11.4 Å². The number of rotatable bonds is 3. The Morgan fingerprint density at radius 3 is 2.57 bits per heavy atom. The highest BCUT2D eigenvalue weighted by molar-refractivity contribution is 5.80. The number of carbonyl (C=O) groups is 1. The number of carbonyl (C=O) groups excluding carboxylic acids is 1. The number of hydrogen-bond donors (Lipinski definition) is 1. The lowest BCUT2D eigenvalue weighted by atomic mass is 10.1. The summed E-state index contributed by atoms with van der Waals surface area (Å²) in [6, 6.07) is 3.21. The van der Waals surface area contributed by atoms with E-state index in [2.05, 4.69) is 5.32 Å². The molecule has 0 heterocycles. The minimum atomic E-state index is -0.508. The third-order valence-corrected chi connectivity index (χ3v) is 1.86. The number of amides is 1. The second-order valence-corrected chi connectivity index (χ2v) is 3.00. The Balaban J connectivity index is 3.35. The normalized spacial score (nSPS) is 9.57. The number of nitro benzene ring substituents is 1. The lowest BCUT2D eigenvalue weighted by Crippen LogP contribution is -2.02. The van der Waals surface area contributed by atoms with Crippen LogP contribution in [-0.4, -0.2) is 11.3 Å². The zero-order chi connectivity index (χ0) is 10.7. The molecule has 0 spiro atoms. The van der Waals surface area contributed by atoms with Gasteiger partial charge in [-0.3, -0.25) is 14.9 Å². The number of aryl methyl sites for hydroxylation is 2. The van der Waals surface area contributed by atoms with Gasteiger partial charge in [0, 0.05) is 6.07 Å². The lowest BCUT2D eigenvalue weighted by molar-refractivity contribution is -0.384. The molecule has 0 aliphatic heterocycles. The fraction of sp³-hybridized carbons (Fsp3) is 0.222. The van der Waals surface area contributed by atoms with Crippen LogP contribution in [0.2, 0.25) is 0 Å². The molecule has 0 fully saturated rings. The summed E-state index contributed by atoms with van der Waals surface area (Å²) in [5.41, 5.74) is 1.67. The number of nitrogens with zero attached hydrogens (tertiary/aromatic N) is 1. The van der Waals surface area contributed by atoms with Gasteiger partial charge in [-0.25, -0.2) is 0 Å². The van der Waals surface area contributed by atoms with Gasteiger partial charge in [0.2, 0.25) is 6.41 Å². The molecule has 0 aromatic heterocycles. The SMILES string of the molecule is Cc1cc(C)c(NC=O)c([N+](=O)[O-])c1. The molecular formula is C9H10N2O3. The molecule has 14 heavy (non-hydrogen) atoms. The smallest absolute Gasteiger partial charge is 0.293 e. The molecule has 0 aliphatic rings. The Morgan fingerprint density at radius 2 is 2.07 bits per heavy atom. The third-order valence-electron chi connectivity index (χ3n) is 1.86. The summed E-state index contributed by atoms with van der Waals surface area (Å²) in [6.07, 6.45) is 0.435. The molecule has 74 valence electrons. The van der Waals surface area contributed by atoms with Crippen LogP contribution in [0.4, 0.5) is 11.4 Å². The Labute approximate surface area is 80.9 Å². The van der Waals surface area contributed by atoms with Gasteiger partial charge in [-0.2, -0.15) is 0 Å². The molecule has 0 aliphatic carbocycles. The van der Waals surface area contributed by atoms with E-state index in [1.807, 2.05) is 0 Å². The Hall–Kier alpha value is -1.91. The van der Waals surface area contributed by atoms with Gasteiger partial charge in [-0.1, -0.05) is 6.07 Å². The van der Waals surface area contributed by atoms with Gasteiger partial charge >= 0.3 is 0 Å². The zero-order valence-corrected chi connectivity index (χ0v) is 7.90. The Morgan fingerprint density at radius 1 is 1.43 bits per heavy atom. The number of nitro groups is 1. The summed E-state index contributed by atoms with van der Waals surface area (Å²) in [5, 5.41) is 13.0. The van der Waals surface area contributed by atoms with Crippen LogP contribution >= 0.6 is 0 Å². The van der Waals surface area contributed by atoms with Gasteiger partial charge in [0.25, 0.3) is 5.69 Å². The Bertz CT molecular complexity index is 388. The van der Waals surface area contributed by atoms with Gasteiger partial charge in [0.1, 0.15) is 5.69 Å². The van der Waals surface area contributed by atoms with Gasteiger partial charge in [0.05, 0.1) is 4.92 Å². The summed E-state index contributed by atoms with van der Waals surface area (Å²) in [6.45, 7) is 3.48. The molecule has 5 heteroatoms. The predicted molar refractivity (Wildman–Crippen MR) is 52.3 cm³/mol. The fourth-order valence-corrected chi connectivity index (χ4v) is 1.34. The highest BCUT2D eigenvalue weighted by Crippen LogP contribution is 2.28. The van der Waals surface area contributed by atoms with Crippen molar-refractivity contribution in [1.29, 1.82) is 0 Å². The van der Waals surface area contributed by atoms with Crippen LogP contribution in [0.15, 0.2) is 12.1 Å². The van der Waals surface area contributed by atoms with Crippen molar-refractivity contribution in [2.75, 3.05) is 5.32 Å². The average Bonchev–Trinajstić information content (AvgIpc) is 2.09. The quantitative estimate of drug-likeness (QED) is 0.453. The highest BCUT2D eigenvalue weighted by Gasteiger charge is 2.15. The largest absolute Gasteiger partial charge is 0.323 e. The molecule has 0 bridgehead atoms. The summed E-state index contributed by atoms with van der Waals surface area (Å²) in [4.78, 5) is 20.4. The minimum absolute atomic E-state index is 0.0744. The molecule has 0 saturated heterocycles. The van der Waals surface area contributed by atoms with Crippen molar-refractivity contribution in [3.8, 4) is 0 Å². The van der Waals surface area contributed by atoms with Gasteiger partial charge < -0.3 is 5.32 Å². The first-order valence-electron chi connectivity index (χ1n) is 4.02. The van der Waals surface area contributed by atoms with Crippen LogP contribution in [-0.2, 0) is 4.79 Å².